The van der Waals surface area contributed by atoms with Crippen LogP contribution in [0.1, 0.15) is 5.69 Å². The van der Waals surface area contributed by atoms with Crippen LogP contribution < -0.4 is 5.73 Å². The van der Waals surface area contributed by atoms with E-state index in [2.05, 4.69) is 4.98 Å². The van der Waals surface area contributed by atoms with Crippen LogP contribution in [-0.4, -0.2) is 4.98 Å². The summed E-state index contributed by atoms with van der Waals surface area (Å²) in [6.45, 7) is 0.442. The molecule has 0 aliphatic rings. The summed E-state index contributed by atoms with van der Waals surface area (Å²) in [6.07, 6.45) is 0. The molecule has 0 spiro atoms. The first-order valence-corrected chi connectivity index (χ1v) is 5.08. The molecule has 2 N–H and O–H groups in total. The van der Waals surface area contributed by atoms with Gasteiger partial charge in [0.25, 0.3) is 0 Å². The standard InChI is InChI=1S/C10H9FN2S.ClH/c11-8-3-1-7(2-4-8)10-13-9(5-12)6-14-10;/h1-4,6H,5,12H2;1H. The lowest BCUT2D eigenvalue weighted by molar-refractivity contribution is 0.628. The molecular weight excluding hydrogens is 235 g/mol. The van der Waals surface area contributed by atoms with Crippen LogP contribution in [0, 0.1) is 5.82 Å². The first kappa shape index (κ1) is 12.1. The Morgan fingerprint density at radius 3 is 2.47 bits per heavy atom. The molecule has 0 radical (unpaired) electrons. The van der Waals surface area contributed by atoms with Gasteiger partial charge in [-0.2, -0.15) is 0 Å². The van der Waals surface area contributed by atoms with Gasteiger partial charge in [0.05, 0.1) is 5.69 Å². The van der Waals surface area contributed by atoms with E-state index in [1.807, 2.05) is 5.38 Å². The van der Waals surface area contributed by atoms with Crippen LogP contribution in [0.4, 0.5) is 4.39 Å². The Hall–Kier alpha value is -0.970. The van der Waals surface area contributed by atoms with Gasteiger partial charge >= 0.3 is 0 Å². The lowest BCUT2D eigenvalue weighted by atomic mass is 10.2. The van der Waals surface area contributed by atoms with E-state index in [-0.39, 0.29) is 18.2 Å². The second-order valence-electron chi connectivity index (χ2n) is 2.86. The molecule has 1 heterocycles. The summed E-state index contributed by atoms with van der Waals surface area (Å²) < 4.78 is 12.6. The molecule has 0 saturated carbocycles. The Kier molecular flexibility index (Phi) is 4.20. The van der Waals surface area contributed by atoms with E-state index in [0.29, 0.717) is 6.54 Å². The molecule has 1 aromatic heterocycles. The zero-order valence-electron chi connectivity index (χ0n) is 7.81. The average molecular weight is 245 g/mol. The van der Waals surface area contributed by atoms with Crippen LogP contribution in [0.15, 0.2) is 29.6 Å². The number of nitrogens with zero attached hydrogens (tertiary/aromatic N) is 1. The third-order valence-corrected chi connectivity index (χ3v) is 2.79. The molecule has 0 saturated heterocycles. The van der Waals surface area contributed by atoms with Crippen LogP contribution >= 0.6 is 23.7 Å². The Labute approximate surface area is 97.4 Å². The number of thiazole rings is 1. The van der Waals surface area contributed by atoms with Crippen molar-refractivity contribution in [3.8, 4) is 10.6 Å². The summed E-state index contributed by atoms with van der Waals surface area (Å²) in [5.41, 5.74) is 7.25. The van der Waals surface area contributed by atoms with Crippen LogP contribution in [-0.2, 0) is 6.54 Å². The lowest BCUT2D eigenvalue weighted by Gasteiger charge is -1.94. The highest BCUT2D eigenvalue weighted by Crippen LogP contribution is 2.23. The maximum Gasteiger partial charge on any atom is 0.123 e. The van der Waals surface area contributed by atoms with Crippen molar-refractivity contribution in [2.75, 3.05) is 0 Å². The van der Waals surface area contributed by atoms with Gasteiger partial charge in [0.15, 0.2) is 0 Å². The molecule has 0 aliphatic carbocycles. The fourth-order valence-corrected chi connectivity index (χ4v) is 1.96. The van der Waals surface area contributed by atoms with Crippen LogP contribution in [0.25, 0.3) is 10.6 Å². The number of hydrogen-bond acceptors (Lipinski definition) is 3. The molecule has 1 aromatic carbocycles. The predicted octanol–water partition coefficient (Wildman–Crippen LogP) is 2.83. The Bertz CT molecular complexity index is 427. The second kappa shape index (κ2) is 5.21. The minimum absolute atomic E-state index is 0. The monoisotopic (exact) mass is 244 g/mol. The van der Waals surface area contributed by atoms with Crippen LogP contribution in [0.2, 0.25) is 0 Å². The van der Waals surface area contributed by atoms with E-state index >= 15 is 0 Å². The largest absolute Gasteiger partial charge is 0.325 e. The van der Waals surface area contributed by atoms with Gasteiger partial charge < -0.3 is 5.73 Å². The first-order chi connectivity index (χ1) is 6.79. The number of halogens is 2. The lowest BCUT2D eigenvalue weighted by Crippen LogP contribution is -1.95. The molecular formula is C10H10ClFN2S. The highest BCUT2D eigenvalue weighted by Gasteiger charge is 2.03. The number of aromatic nitrogens is 1. The fraction of sp³-hybridized carbons (Fsp3) is 0.100. The topological polar surface area (TPSA) is 38.9 Å². The van der Waals surface area contributed by atoms with E-state index in [0.717, 1.165) is 16.3 Å². The number of rotatable bonds is 2. The van der Waals surface area contributed by atoms with Crippen molar-refractivity contribution in [1.82, 2.24) is 4.98 Å². The Balaban J connectivity index is 0.00000112. The van der Waals surface area contributed by atoms with E-state index in [4.69, 9.17) is 5.73 Å². The first-order valence-electron chi connectivity index (χ1n) is 4.20. The van der Waals surface area contributed by atoms with Gasteiger partial charge in [-0.1, -0.05) is 0 Å². The second-order valence-corrected chi connectivity index (χ2v) is 3.71. The van der Waals surface area contributed by atoms with Crippen molar-refractivity contribution in [3.05, 3.63) is 41.2 Å². The zero-order valence-corrected chi connectivity index (χ0v) is 9.45. The molecule has 2 nitrogen and oxygen atoms in total. The highest BCUT2D eigenvalue weighted by molar-refractivity contribution is 7.13. The van der Waals surface area contributed by atoms with E-state index < -0.39 is 0 Å². The van der Waals surface area contributed by atoms with Crippen molar-refractivity contribution < 1.29 is 4.39 Å². The maximum absolute atomic E-state index is 12.6. The van der Waals surface area contributed by atoms with Gasteiger partial charge in [0.1, 0.15) is 10.8 Å². The minimum atomic E-state index is -0.232. The molecule has 0 bridgehead atoms. The third kappa shape index (κ3) is 2.75. The molecule has 0 unspecified atom stereocenters. The van der Waals surface area contributed by atoms with Crippen LogP contribution in [0.5, 0.6) is 0 Å². The summed E-state index contributed by atoms with van der Waals surface area (Å²) in [7, 11) is 0. The summed E-state index contributed by atoms with van der Waals surface area (Å²) in [6, 6.07) is 6.29. The summed E-state index contributed by atoms with van der Waals surface area (Å²) in [4.78, 5) is 4.30. The summed E-state index contributed by atoms with van der Waals surface area (Å²) in [5, 5.41) is 2.80. The van der Waals surface area contributed by atoms with Crippen molar-refractivity contribution in [2.24, 2.45) is 5.73 Å². The number of benzene rings is 1. The maximum atomic E-state index is 12.6. The minimum Gasteiger partial charge on any atom is -0.325 e. The van der Waals surface area contributed by atoms with E-state index in [1.54, 1.807) is 12.1 Å². The van der Waals surface area contributed by atoms with Gasteiger partial charge in [-0.15, -0.1) is 23.7 Å². The molecule has 2 rings (SSSR count). The van der Waals surface area contributed by atoms with Crippen LogP contribution in [0.3, 0.4) is 0 Å². The van der Waals surface area contributed by atoms with Crippen molar-refractivity contribution in [3.63, 3.8) is 0 Å². The van der Waals surface area contributed by atoms with Gasteiger partial charge in [0, 0.05) is 17.5 Å². The zero-order chi connectivity index (χ0) is 9.97. The van der Waals surface area contributed by atoms with Crippen molar-refractivity contribution in [1.29, 1.82) is 0 Å². The fourth-order valence-electron chi connectivity index (χ4n) is 1.13. The molecule has 15 heavy (non-hydrogen) atoms. The Morgan fingerprint density at radius 2 is 1.93 bits per heavy atom. The van der Waals surface area contributed by atoms with E-state index in [1.165, 1.54) is 23.5 Å². The molecule has 0 atom stereocenters. The molecule has 5 heteroatoms. The van der Waals surface area contributed by atoms with Crippen molar-refractivity contribution in [2.45, 2.75) is 6.54 Å². The number of hydrogen-bond donors (Lipinski definition) is 1. The average Bonchev–Trinajstić information content (AvgIpc) is 2.67. The molecule has 2 aromatic rings. The summed E-state index contributed by atoms with van der Waals surface area (Å²) in [5.74, 6) is -0.232. The van der Waals surface area contributed by atoms with Gasteiger partial charge in [-0.05, 0) is 24.3 Å². The molecule has 0 fully saturated rings. The predicted molar refractivity (Wildman–Crippen MR) is 62.6 cm³/mol. The van der Waals surface area contributed by atoms with Crippen molar-refractivity contribution >= 4 is 23.7 Å². The highest BCUT2D eigenvalue weighted by atomic mass is 35.5. The number of nitrogens with two attached hydrogens (primary N) is 1. The molecule has 0 amide bonds. The quantitative estimate of drug-likeness (QED) is 0.882. The normalized spacial score (nSPS) is 9.73. The van der Waals surface area contributed by atoms with E-state index in [9.17, 15) is 4.39 Å². The van der Waals surface area contributed by atoms with Gasteiger partial charge in [0.2, 0.25) is 0 Å². The van der Waals surface area contributed by atoms with Gasteiger partial charge in [-0.3, -0.25) is 0 Å². The smallest absolute Gasteiger partial charge is 0.123 e. The SMILES string of the molecule is Cl.NCc1csc(-c2ccc(F)cc2)n1. The Morgan fingerprint density at radius 1 is 1.27 bits per heavy atom. The molecule has 80 valence electrons. The summed E-state index contributed by atoms with van der Waals surface area (Å²) >= 11 is 1.52. The third-order valence-electron chi connectivity index (χ3n) is 1.85. The molecule has 0 aliphatic heterocycles. The van der Waals surface area contributed by atoms with Gasteiger partial charge in [-0.25, -0.2) is 9.37 Å².